The van der Waals surface area contributed by atoms with Crippen LogP contribution in [-0.2, 0) is 11.8 Å². The maximum absolute atomic E-state index is 12.5. The first-order valence-electron chi connectivity index (χ1n) is 7.63. The van der Waals surface area contributed by atoms with Crippen LogP contribution in [0.2, 0.25) is 5.02 Å². The molecule has 1 atom stereocenters. The number of nitrogens with zero attached hydrogens (tertiary/aromatic N) is 3. The van der Waals surface area contributed by atoms with Gasteiger partial charge in [-0.25, -0.2) is 0 Å². The number of thioether (sulfide) groups is 1. The molecule has 1 amide bonds. The molecule has 2 heterocycles. The van der Waals surface area contributed by atoms with Crippen molar-refractivity contribution in [2.24, 2.45) is 7.05 Å². The third-order valence-electron chi connectivity index (χ3n) is 3.75. The SMILES string of the molecule is Cc1c(Cl)cccc1NC(=O)C(C)Sc1nnc(-c2cccs2)n1C. The number of nitrogens with one attached hydrogen (secondary N) is 1. The number of benzene rings is 1. The van der Waals surface area contributed by atoms with Crippen molar-refractivity contribution in [2.45, 2.75) is 24.3 Å². The molecular formula is C17H17ClN4OS2. The van der Waals surface area contributed by atoms with E-state index in [1.54, 1.807) is 17.4 Å². The molecule has 25 heavy (non-hydrogen) atoms. The topological polar surface area (TPSA) is 59.8 Å². The molecule has 3 aromatic rings. The summed E-state index contributed by atoms with van der Waals surface area (Å²) in [4.78, 5) is 13.5. The molecule has 1 N–H and O–H groups in total. The Hall–Kier alpha value is -1.83. The predicted octanol–water partition coefficient (Wildman–Crippen LogP) is 4.62. The van der Waals surface area contributed by atoms with Crippen LogP contribution in [0.15, 0.2) is 40.9 Å². The lowest BCUT2D eigenvalue weighted by Gasteiger charge is -2.13. The molecule has 0 saturated heterocycles. The zero-order valence-electron chi connectivity index (χ0n) is 14.0. The van der Waals surface area contributed by atoms with Crippen LogP contribution in [0, 0.1) is 6.92 Å². The number of carbonyl (C=O) groups is 1. The van der Waals surface area contributed by atoms with Gasteiger partial charge in [0.15, 0.2) is 11.0 Å². The second kappa shape index (κ2) is 7.59. The molecule has 0 spiro atoms. The molecule has 2 aromatic heterocycles. The number of rotatable bonds is 5. The quantitative estimate of drug-likeness (QED) is 0.643. The lowest BCUT2D eigenvalue weighted by atomic mass is 10.2. The maximum Gasteiger partial charge on any atom is 0.237 e. The van der Waals surface area contributed by atoms with Crippen LogP contribution in [0.25, 0.3) is 10.7 Å². The largest absolute Gasteiger partial charge is 0.325 e. The van der Waals surface area contributed by atoms with E-state index in [-0.39, 0.29) is 11.2 Å². The van der Waals surface area contributed by atoms with Crippen molar-refractivity contribution < 1.29 is 4.79 Å². The van der Waals surface area contributed by atoms with Gasteiger partial charge in [-0.05, 0) is 43.0 Å². The minimum atomic E-state index is -0.322. The Labute approximate surface area is 159 Å². The van der Waals surface area contributed by atoms with Crippen molar-refractivity contribution in [1.29, 1.82) is 0 Å². The highest BCUT2D eigenvalue weighted by molar-refractivity contribution is 8.00. The van der Waals surface area contributed by atoms with E-state index in [0.717, 1.165) is 22.0 Å². The average Bonchev–Trinajstić information content (AvgIpc) is 3.22. The normalized spacial score (nSPS) is 12.2. The summed E-state index contributed by atoms with van der Waals surface area (Å²) in [5, 5.41) is 14.4. The van der Waals surface area contributed by atoms with E-state index in [0.29, 0.717) is 10.2 Å². The van der Waals surface area contributed by atoms with Crippen LogP contribution >= 0.6 is 34.7 Å². The lowest BCUT2D eigenvalue weighted by molar-refractivity contribution is -0.115. The van der Waals surface area contributed by atoms with Gasteiger partial charge in [0.1, 0.15) is 0 Å². The zero-order chi connectivity index (χ0) is 18.0. The number of hydrogen-bond donors (Lipinski definition) is 1. The van der Waals surface area contributed by atoms with Crippen molar-refractivity contribution >= 4 is 46.3 Å². The van der Waals surface area contributed by atoms with Crippen LogP contribution in [0.3, 0.4) is 0 Å². The summed E-state index contributed by atoms with van der Waals surface area (Å²) < 4.78 is 1.91. The van der Waals surface area contributed by atoms with Crippen molar-refractivity contribution in [2.75, 3.05) is 5.32 Å². The van der Waals surface area contributed by atoms with E-state index >= 15 is 0 Å². The van der Waals surface area contributed by atoms with Crippen molar-refractivity contribution in [3.8, 4) is 10.7 Å². The number of halogens is 1. The fourth-order valence-electron chi connectivity index (χ4n) is 2.23. The second-order valence-electron chi connectivity index (χ2n) is 5.50. The number of carbonyl (C=O) groups excluding carboxylic acids is 1. The van der Waals surface area contributed by atoms with Gasteiger partial charge in [-0.1, -0.05) is 35.5 Å². The van der Waals surface area contributed by atoms with Crippen molar-refractivity contribution in [3.63, 3.8) is 0 Å². The van der Waals surface area contributed by atoms with E-state index in [1.807, 2.05) is 55.1 Å². The Kier molecular flexibility index (Phi) is 5.46. The number of amides is 1. The highest BCUT2D eigenvalue weighted by Gasteiger charge is 2.20. The number of anilines is 1. The van der Waals surface area contributed by atoms with Gasteiger partial charge in [-0.15, -0.1) is 21.5 Å². The van der Waals surface area contributed by atoms with Crippen molar-refractivity contribution in [3.05, 3.63) is 46.3 Å². The highest BCUT2D eigenvalue weighted by Crippen LogP contribution is 2.29. The maximum atomic E-state index is 12.5. The standard InChI is InChI=1S/C17H17ClN4OS2/c1-10-12(18)6-4-7-13(10)19-16(23)11(2)25-17-21-20-15(22(17)3)14-8-5-9-24-14/h4-9,11H,1-3H3,(H,19,23). The smallest absolute Gasteiger partial charge is 0.237 e. The molecule has 8 heteroatoms. The Bertz CT molecular complexity index is 892. The van der Waals surface area contributed by atoms with Gasteiger partial charge in [0.05, 0.1) is 10.1 Å². The summed E-state index contributed by atoms with van der Waals surface area (Å²) in [6.07, 6.45) is 0. The molecular weight excluding hydrogens is 376 g/mol. The van der Waals surface area contributed by atoms with Gasteiger partial charge in [0.2, 0.25) is 5.91 Å². The monoisotopic (exact) mass is 392 g/mol. The van der Waals surface area contributed by atoms with Gasteiger partial charge < -0.3 is 9.88 Å². The molecule has 5 nitrogen and oxygen atoms in total. The Morgan fingerprint density at radius 2 is 2.12 bits per heavy atom. The number of hydrogen-bond acceptors (Lipinski definition) is 5. The second-order valence-corrected chi connectivity index (χ2v) is 8.17. The van der Waals surface area contributed by atoms with Gasteiger partial charge in [-0.2, -0.15) is 0 Å². The van der Waals surface area contributed by atoms with Crippen LogP contribution in [-0.4, -0.2) is 25.9 Å². The molecule has 0 aliphatic heterocycles. The van der Waals surface area contributed by atoms with Crippen LogP contribution in [0.5, 0.6) is 0 Å². The third kappa shape index (κ3) is 3.89. The van der Waals surface area contributed by atoms with E-state index in [1.165, 1.54) is 11.8 Å². The Balaban J connectivity index is 1.71. The summed E-state index contributed by atoms with van der Waals surface area (Å²) in [5.74, 6) is 0.701. The van der Waals surface area contributed by atoms with Gasteiger partial charge in [-0.3, -0.25) is 4.79 Å². The molecule has 130 valence electrons. The number of thiophene rings is 1. The summed E-state index contributed by atoms with van der Waals surface area (Å²) in [7, 11) is 1.91. The third-order valence-corrected chi connectivity index (χ3v) is 6.16. The molecule has 0 saturated carbocycles. The summed E-state index contributed by atoms with van der Waals surface area (Å²) in [5.41, 5.74) is 1.58. The van der Waals surface area contributed by atoms with Crippen LogP contribution in [0.1, 0.15) is 12.5 Å². The van der Waals surface area contributed by atoms with Gasteiger partial charge >= 0.3 is 0 Å². The van der Waals surface area contributed by atoms with E-state index in [4.69, 9.17) is 11.6 Å². The number of aromatic nitrogens is 3. The van der Waals surface area contributed by atoms with Crippen LogP contribution < -0.4 is 5.32 Å². The van der Waals surface area contributed by atoms with E-state index < -0.39 is 0 Å². The summed E-state index contributed by atoms with van der Waals surface area (Å²) in [6, 6.07) is 9.44. The fraction of sp³-hybridized carbons (Fsp3) is 0.235. The summed E-state index contributed by atoms with van der Waals surface area (Å²) >= 11 is 9.09. The Morgan fingerprint density at radius 3 is 2.84 bits per heavy atom. The first-order valence-corrected chi connectivity index (χ1v) is 9.77. The summed E-state index contributed by atoms with van der Waals surface area (Å²) in [6.45, 7) is 3.73. The molecule has 0 aliphatic rings. The van der Waals surface area contributed by atoms with Gasteiger partial charge in [0.25, 0.3) is 0 Å². The van der Waals surface area contributed by atoms with E-state index in [2.05, 4.69) is 15.5 Å². The molecule has 0 radical (unpaired) electrons. The fourth-order valence-corrected chi connectivity index (χ4v) is 3.96. The first kappa shape index (κ1) is 18.0. The molecule has 1 unspecified atom stereocenters. The minimum Gasteiger partial charge on any atom is -0.325 e. The van der Waals surface area contributed by atoms with E-state index in [9.17, 15) is 4.79 Å². The average molecular weight is 393 g/mol. The zero-order valence-corrected chi connectivity index (χ0v) is 16.4. The van der Waals surface area contributed by atoms with Gasteiger partial charge in [0, 0.05) is 17.8 Å². The highest BCUT2D eigenvalue weighted by atomic mass is 35.5. The Morgan fingerprint density at radius 1 is 1.32 bits per heavy atom. The molecule has 0 fully saturated rings. The molecule has 3 rings (SSSR count). The molecule has 0 aliphatic carbocycles. The minimum absolute atomic E-state index is 0.101. The predicted molar refractivity (Wildman–Crippen MR) is 104 cm³/mol. The van der Waals surface area contributed by atoms with Crippen LogP contribution in [0.4, 0.5) is 5.69 Å². The molecule has 1 aromatic carbocycles. The van der Waals surface area contributed by atoms with Crippen molar-refractivity contribution in [1.82, 2.24) is 14.8 Å². The first-order chi connectivity index (χ1) is 12.0. The lowest BCUT2D eigenvalue weighted by Crippen LogP contribution is -2.23. The molecule has 0 bridgehead atoms.